The van der Waals surface area contributed by atoms with Gasteiger partial charge in [-0.2, -0.15) is 0 Å². The van der Waals surface area contributed by atoms with Gasteiger partial charge in [-0.05, 0) is 30.3 Å². The van der Waals surface area contributed by atoms with Gasteiger partial charge < -0.3 is 24.0 Å². The van der Waals surface area contributed by atoms with Gasteiger partial charge in [-0.1, -0.05) is 11.6 Å². The maximum absolute atomic E-state index is 13.3. The van der Waals surface area contributed by atoms with E-state index in [2.05, 4.69) is 0 Å². The zero-order valence-electron chi connectivity index (χ0n) is 19.7. The van der Waals surface area contributed by atoms with E-state index < -0.39 is 11.5 Å². The summed E-state index contributed by atoms with van der Waals surface area (Å²) in [6.45, 7) is 1.21. The smallest absolute Gasteiger partial charge is 0.228 e. The van der Waals surface area contributed by atoms with Crippen molar-refractivity contribution in [2.24, 2.45) is 5.92 Å². The summed E-state index contributed by atoms with van der Waals surface area (Å²) in [4.78, 5) is 42.3. The molecule has 8 nitrogen and oxygen atoms in total. The average Bonchev–Trinajstić information content (AvgIpc) is 3.25. The van der Waals surface area contributed by atoms with Crippen LogP contribution < -0.4 is 19.1 Å². The van der Waals surface area contributed by atoms with Gasteiger partial charge in [-0.3, -0.25) is 14.4 Å². The largest absolute Gasteiger partial charge is 0.497 e. The van der Waals surface area contributed by atoms with Gasteiger partial charge in [0.05, 0.1) is 37.8 Å². The van der Waals surface area contributed by atoms with E-state index in [1.807, 2.05) is 0 Å². The molecule has 0 bridgehead atoms. The molecule has 1 unspecified atom stereocenters. The number of ether oxygens (including phenoxy) is 3. The Morgan fingerprint density at radius 2 is 1.86 bits per heavy atom. The predicted molar refractivity (Wildman–Crippen MR) is 130 cm³/mol. The number of Topliss-reactive ketones (excluding diaryl/α,β-unsaturated/α-hetero) is 1. The van der Waals surface area contributed by atoms with Crippen LogP contribution in [-0.4, -0.2) is 62.0 Å². The maximum Gasteiger partial charge on any atom is 0.228 e. The zero-order valence-corrected chi connectivity index (χ0v) is 20.5. The molecule has 3 aliphatic heterocycles. The molecule has 35 heavy (non-hydrogen) atoms. The maximum atomic E-state index is 13.3. The summed E-state index contributed by atoms with van der Waals surface area (Å²) >= 11 is 6.14. The molecule has 0 saturated carbocycles. The Hall–Kier alpha value is -3.26. The van der Waals surface area contributed by atoms with Crippen molar-refractivity contribution in [2.75, 3.05) is 38.8 Å². The van der Waals surface area contributed by atoms with Gasteiger partial charge in [0.2, 0.25) is 11.8 Å². The SMILES string of the molecule is COc1ccc2c(c1)OC1(CCN(C(=O)C3CC(=O)N(c4cc(Cl)ccc4OC)C3)CC1)CC2=O. The fraction of sp³-hybridized carbons (Fsp3) is 0.423. The molecule has 1 spiro atoms. The van der Waals surface area contributed by atoms with Gasteiger partial charge in [-0.15, -0.1) is 0 Å². The lowest BCUT2D eigenvalue weighted by Gasteiger charge is -2.44. The second kappa shape index (κ2) is 9.07. The number of likely N-dealkylation sites (tertiary alicyclic amines) is 1. The molecule has 5 rings (SSSR count). The highest BCUT2D eigenvalue weighted by molar-refractivity contribution is 6.31. The van der Waals surface area contributed by atoms with E-state index in [9.17, 15) is 14.4 Å². The van der Waals surface area contributed by atoms with E-state index in [0.29, 0.717) is 65.9 Å². The van der Waals surface area contributed by atoms with E-state index in [1.54, 1.807) is 53.3 Å². The third kappa shape index (κ3) is 4.31. The third-order valence-electron chi connectivity index (χ3n) is 7.19. The van der Waals surface area contributed by atoms with Gasteiger partial charge in [-0.25, -0.2) is 0 Å². The number of carbonyl (C=O) groups is 3. The molecular formula is C26H27ClN2O6. The Morgan fingerprint density at radius 3 is 2.57 bits per heavy atom. The molecular weight excluding hydrogens is 472 g/mol. The van der Waals surface area contributed by atoms with Crippen molar-refractivity contribution in [2.45, 2.75) is 31.3 Å². The van der Waals surface area contributed by atoms with Crippen molar-refractivity contribution in [3.8, 4) is 17.2 Å². The topological polar surface area (TPSA) is 85.4 Å². The molecule has 2 aromatic rings. The van der Waals surface area contributed by atoms with E-state index in [0.717, 1.165) is 0 Å². The van der Waals surface area contributed by atoms with Crippen LogP contribution in [0.15, 0.2) is 36.4 Å². The second-order valence-electron chi connectivity index (χ2n) is 9.29. The van der Waals surface area contributed by atoms with E-state index in [1.165, 1.54) is 7.11 Å². The lowest BCUT2D eigenvalue weighted by atomic mass is 9.82. The summed E-state index contributed by atoms with van der Waals surface area (Å²) in [5.74, 6) is 1.11. The number of halogens is 1. The number of hydrogen-bond acceptors (Lipinski definition) is 6. The molecule has 9 heteroatoms. The molecule has 0 N–H and O–H groups in total. The molecule has 0 radical (unpaired) electrons. The van der Waals surface area contributed by atoms with Crippen molar-refractivity contribution in [3.05, 3.63) is 47.0 Å². The average molecular weight is 499 g/mol. The predicted octanol–water partition coefficient (Wildman–Crippen LogP) is 3.74. The van der Waals surface area contributed by atoms with E-state index >= 15 is 0 Å². The molecule has 184 valence electrons. The monoisotopic (exact) mass is 498 g/mol. The minimum Gasteiger partial charge on any atom is -0.497 e. The highest BCUT2D eigenvalue weighted by atomic mass is 35.5. The number of amides is 2. The number of anilines is 1. The summed E-state index contributed by atoms with van der Waals surface area (Å²) in [5.41, 5.74) is 0.510. The zero-order chi connectivity index (χ0) is 24.7. The highest BCUT2D eigenvalue weighted by Gasteiger charge is 2.45. The van der Waals surface area contributed by atoms with Crippen LogP contribution >= 0.6 is 11.6 Å². The number of piperidine rings is 1. The number of hydrogen-bond donors (Lipinski definition) is 0. The minimum atomic E-state index is -0.626. The number of fused-ring (bicyclic) bond motifs is 1. The number of methoxy groups -OCH3 is 2. The molecule has 2 saturated heterocycles. The number of ketones is 1. The Morgan fingerprint density at radius 1 is 1.09 bits per heavy atom. The van der Waals surface area contributed by atoms with Crippen LogP contribution in [0.3, 0.4) is 0 Å². The summed E-state index contributed by atoms with van der Waals surface area (Å²) in [6, 6.07) is 10.3. The molecule has 2 fully saturated rings. The third-order valence-corrected chi connectivity index (χ3v) is 7.43. The fourth-order valence-electron chi connectivity index (χ4n) is 5.25. The highest BCUT2D eigenvalue weighted by Crippen LogP contribution is 2.41. The molecule has 0 aliphatic carbocycles. The summed E-state index contributed by atoms with van der Waals surface area (Å²) < 4.78 is 17.0. The van der Waals surface area contributed by atoms with Crippen LogP contribution in [-0.2, 0) is 9.59 Å². The summed E-state index contributed by atoms with van der Waals surface area (Å²) in [5, 5.41) is 0.492. The van der Waals surface area contributed by atoms with E-state index in [-0.39, 0.29) is 30.6 Å². The quantitative estimate of drug-likeness (QED) is 0.638. The number of benzene rings is 2. The van der Waals surface area contributed by atoms with Crippen molar-refractivity contribution < 1.29 is 28.6 Å². The van der Waals surface area contributed by atoms with Crippen LogP contribution in [0.4, 0.5) is 5.69 Å². The Labute approximate surface area is 208 Å². The van der Waals surface area contributed by atoms with Gasteiger partial charge in [0.25, 0.3) is 0 Å². The van der Waals surface area contributed by atoms with Gasteiger partial charge in [0.15, 0.2) is 5.78 Å². The lowest BCUT2D eigenvalue weighted by molar-refractivity contribution is -0.139. The van der Waals surface area contributed by atoms with Crippen molar-refractivity contribution in [1.82, 2.24) is 4.90 Å². The van der Waals surface area contributed by atoms with Crippen LogP contribution in [0.25, 0.3) is 0 Å². The first-order valence-corrected chi connectivity index (χ1v) is 12.0. The molecule has 3 aliphatic rings. The fourth-order valence-corrected chi connectivity index (χ4v) is 5.42. The van der Waals surface area contributed by atoms with Gasteiger partial charge in [0, 0.05) is 50.0 Å². The first-order chi connectivity index (χ1) is 16.8. The summed E-state index contributed by atoms with van der Waals surface area (Å²) in [6.07, 6.45) is 1.53. The first kappa shape index (κ1) is 23.5. The molecule has 1 atom stereocenters. The van der Waals surface area contributed by atoms with Crippen LogP contribution in [0, 0.1) is 5.92 Å². The molecule has 0 aromatic heterocycles. The minimum absolute atomic E-state index is 0.0428. The van der Waals surface area contributed by atoms with Crippen LogP contribution in [0.5, 0.6) is 17.2 Å². The van der Waals surface area contributed by atoms with E-state index in [4.69, 9.17) is 25.8 Å². The summed E-state index contributed by atoms with van der Waals surface area (Å²) in [7, 11) is 3.11. The Bertz CT molecular complexity index is 1190. The first-order valence-electron chi connectivity index (χ1n) is 11.7. The molecule has 2 amide bonds. The number of carbonyl (C=O) groups excluding carboxylic acids is 3. The normalized spacial score (nSPS) is 21.1. The van der Waals surface area contributed by atoms with Crippen molar-refractivity contribution >= 4 is 34.9 Å². The van der Waals surface area contributed by atoms with Gasteiger partial charge >= 0.3 is 0 Å². The Kier molecular flexibility index (Phi) is 6.09. The van der Waals surface area contributed by atoms with Gasteiger partial charge in [0.1, 0.15) is 22.8 Å². The standard InChI is InChI=1S/C26H27ClN2O6/c1-33-18-4-5-19-21(30)14-26(35-23(19)13-18)7-9-28(10-8-26)25(32)16-11-24(31)29(15-16)20-12-17(27)3-6-22(20)34-2/h3-6,12-13,16H,7-11,14-15H2,1-2H3. The molecule has 2 aromatic carbocycles. The van der Waals surface area contributed by atoms with Crippen molar-refractivity contribution in [3.63, 3.8) is 0 Å². The van der Waals surface area contributed by atoms with Crippen LogP contribution in [0.2, 0.25) is 5.02 Å². The molecule has 3 heterocycles. The number of nitrogens with zero attached hydrogens (tertiary/aromatic N) is 2. The second-order valence-corrected chi connectivity index (χ2v) is 9.73. The number of rotatable bonds is 4. The lowest BCUT2D eigenvalue weighted by Crippen LogP contribution is -2.53. The van der Waals surface area contributed by atoms with Crippen molar-refractivity contribution in [1.29, 1.82) is 0 Å². The van der Waals surface area contributed by atoms with Crippen LogP contribution in [0.1, 0.15) is 36.0 Å². The Balaban J connectivity index is 1.26.